The topological polar surface area (TPSA) is 95.1 Å². The highest BCUT2D eigenvalue weighted by atomic mass is 19.1. The number of nitrogens with zero attached hydrogens (tertiary/aromatic N) is 4. The Kier molecular flexibility index (Phi) is 3.48. The van der Waals surface area contributed by atoms with Gasteiger partial charge in [0.2, 0.25) is 0 Å². The van der Waals surface area contributed by atoms with Gasteiger partial charge in [0, 0.05) is 27.7 Å². The number of fused-ring (bicyclic) bond motifs is 3. The van der Waals surface area contributed by atoms with E-state index in [9.17, 15) is 4.39 Å². The number of hydrogen-bond donors (Lipinski definition) is 2. The molecule has 5 aromatic rings. The van der Waals surface area contributed by atoms with Gasteiger partial charge in [0.25, 0.3) is 0 Å². The fourth-order valence-corrected chi connectivity index (χ4v) is 3.37. The van der Waals surface area contributed by atoms with Crippen LogP contribution in [0.3, 0.4) is 0 Å². The Morgan fingerprint density at radius 1 is 0.786 bits per heavy atom. The minimum Gasteiger partial charge on any atom is -0.399 e. The quantitative estimate of drug-likeness (QED) is 0.459. The van der Waals surface area contributed by atoms with E-state index in [1.54, 1.807) is 40.9 Å². The van der Waals surface area contributed by atoms with Crippen molar-refractivity contribution < 1.29 is 4.39 Å². The summed E-state index contributed by atoms with van der Waals surface area (Å²) in [4.78, 5) is 0. The van der Waals surface area contributed by atoms with Crippen molar-refractivity contribution in [2.45, 2.75) is 0 Å². The molecule has 0 bridgehead atoms. The van der Waals surface area contributed by atoms with E-state index in [1.807, 2.05) is 24.3 Å². The highest BCUT2D eigenvalue weighted by Gasteiger charge is 2.19. The molecule has 136 valence electrons. The van der Waals surface area contributed by atoms with Gasteiger partial charge in [0.1, 0.15) is 11.5 Å². The van der Waals surface area contributed by atoms with E-state index >= 15 is 0 Å². The van der Waals surface area contributed by atoms with Crippen LogP contribution in [0.4, 0.5) is 15.8 Å². The maximum absolute atomic E-state index is 14.4. The van der Waals surface area contributed by atoms with Crippen LogP contribution in [0.15, 0.2) is 66.7 Å². The SMILES string of the molecule is Nc1ccc(N)c(-c2nn3c(-c4ccccc4F)nnc3c3ccccc23)c1. The molecule has 2 heterocycles. The largest absolute Gasteiger partial charge is 0.399 e. The molecule has 0 aliphatic rings. The van der Waals surface area contributed by atoms with Gasteiger partial charge in [-0.3, -0.25) is 0 Å². The summed E-state index contributed by atoms with van der Waals surface area (Å²) in [6, 6.07) is 19.4. The predicted octanol–water partition coefficient (Wildman–Crippen LogP) is 3.92. The number of rotatable bonds is 2. The first-order chi connectivity index (χ1) is 13.6. The van der Waals surface area contributed by atoms with Crippen molar-refractivity contribution in [3.63, 3.8) is 0 Å². The average molecular weight is 370 g/mol. The van der Waals surface area contributed by atoms with Crippen LogP contribution in [-0.4, -0.2) is 19.8 Å². The first-order valence-electron chi connectivity index (χ1n) is 8.68. The van der Waals surface area contributed by atoms with Crippen LogP contribution in [0.1, 0.15) is 0 Å². The Morgan fingerprint density at radius 3 is 2.36 bits per heavy atom. The Balaban J connectivity index is 1.91. The molecule has 6 nitrogen and oxygen atoms in total. The van der Waals surface area contributed by atoms with E-state index < -0.39 is 5.82 Å². The summed E-state index contributed by atoms with van der Waals surface area (Å²) in [5, 5.41) is 14.9. The monoisotopic (exact) mass is 370 g/mol. The third-order valence-electron chi connectivity index (χ3n) is 4.71. The molecule has 0 saturated heterocycles. The molecule has 0 spiro atoms. The Bertz CT molecular complexity index is 1360. The highest BCUT2D eigenvalue weighted by Crippen LogP contribution is 2.34. The molecule has 4 N–H and O–H groups in total. The molecule has 0 saturated carbocycles. The molecule has 28 heavy (non-hydrogen) atoms. The molecule has 2 aromatic heterocycles. The third-order valence-corrected chi connectivity index (χ3v) is 4.71. The number of halogens is 1. The smallest absolute Gasteiger partial charge is 0.188 e. The lowest BCUT2D eigenvalue weighted by Gasteiger charge is -2.11. The third kappa shape index (κ3) is 2.37. The zero-order chi connectivity index (χ0) is 19.3. The summed E-state index contributed by atoms with van der Waals surface area (Å²) in [5.74, 6) is -0.0700. The lowest BCUT2D eigenvalue weighted by Crippen LogP contribution is -2.02. The van der Waals surface area contributed by atoms with Gasteiger partial charge in [0.15, 0.2) is 11.5 Å². The first kappa shape index (κ1) is 16.2. The maximum atomic E-state index is 14.4. The molecule has 5 rings (SSSR count). The second-order valence-electron chi connectivity index (χ2n) is 6.48. The van der Waals surface area contributed by atoms with Crippen LogP contribution in [0, 0.1) is 5.82 Å². The Hall–Kier alpha value is -4.00. The van der Waals surface area contributed by atoms with Gasteiger partial charge in [-0.05, 0) is 30.3 Å². The summed E-state index contributed by atoms with van der Waals surface area (Å²) >= 11 is 0. The number of nitrogens with two attached hydrogens (primary N) is 2. The number of anilines is 2. The molecule has 3 aromatic carbocycles. The van der Waals surface area contributed by atoms with E-state index in [1.165, 1.54) is 6.07 Å². The van der Waals surface area contributed by atoms with Crippen LogP contribution >= 0.6 is 0 Å². The van der Waals surface area contributed by atoms with Crippen molar-refractivity contribution in [3.8, 4) is 22.6 Å². The van der Waals surface area contributed by atoms with Crippen LogP contribution < -0.4 is 11.5 Å². The molecule has 7 heteroatoms. The molecule has 0 aliphatic heterocycles. The molecule has 0 unspecified atom stereocenters. The summed E-state index contributed by atoms with van der Waals surface area (Å²) in [6.07, 6.45) is 0. The summed E-state index contributed by atoms with van der Waals surface area (Å²) in [5.41, 5.74) is 15.5. The fraction of sp³-hybridized carbons (Fsp3) is 0. The predicted molar refractivity (Wildman–Crippen MR) is 108 cm³/mol. The number of nitrogen functional groups attached to an aromatic ring is 2. The summed E-state index contributed by atoms with van der Waals surface area (Å²) < 4.78 is 15.9. The Morgan fingerprint density at radius 2 is 1.54 bits per heavy atom. The number of aromatic nitrogens is 4. The second-order valence-corrected chi connectivity index (χ2v) is 6.48. The fourth-order valence-electron chi connectivity index (χ4n) is 3.37. The Labute approximate surface area is 159 Å². The van der Waals surface area contributed by atoms with Crippen LogP contribution in [-0.2, 0) is 0 Å². The lowest BCUT2D eigenvalue weighted by molar-refractivity contribution is 0.629. The van der Waals surface area contributed by atoms with Crippen molar-refractivity contribution in [1.82, 2.24) is 19.8 Å². The molecule has 0 radical (unpaired) electrons. The van der Waals surface area contributed by atoms with Gasteiger partial charge in [-0.25, -0.2) is 4.39 Å². The zero-order valence-corrected chi connectivity index (χ0v) is 14.7. The van der Waals surface area contributed by atoms with Crippen molar-refractivity contribution in [2.75, 3.05) is 11.5 Å². The minimum atomic E-state index is -0.392. The van der Waals surface area contributed by atoms with Gasteiger partial charge in [-0.2, -0.15) is 9.61 Å². The van der Waals surface area contributed by atoms with Crippen molar-refractivity contribution >= 4 is 27.8 Å². The van der Waals surface area contributed by atoms with E-state index in [0.717, 1.165) is 10.8 Å². The highest BCUT2D eigenvalue weighted by molar-refractivity contribution is 6.03. The normalized spacial score (nSPS) is 11.3. The lowest BCUT2D eigenvalue weighted by atomic mass is 10.0. The van der Waals surface area contributed by atoms with Crippen molar-refractivity contribution in [3.05, 3.63) is 72.5 Å². The van der Waals surface area contributed by atoms with Gasteiger partial charge in [-0.15, -0.1) is 10.2 Å². The van der Waals surface area contributed by atoms with E-state index in [2.05, 4.69) is 10.2 Å². The first-order valence-corrected chi connectivity index (χ1v) is 8.68. The standard InChI is InChI=1S/C21H15FN6/c22-17-8-4-3-7-15(17)21-26-25-20-14-6-2-1-5-13(14)19(27-28(20)21)16-11-12(23)9-10-18(16)24/h1-11H,23-24H2. The average Bonchev–Trinajstić information content (AvgIpc) is 3.13. The second kappa shape index (κ2) is 6.02. The summed E-state index contributed by atoms with van der Waals surface area (Å²) in [6.45, 7) is 0. The van der Waals surface area contributed by atoms with E-state index in [4.69, 9.17) is 16.6 Å². The van der Waals surface area contributed by atoms with Gasteiger partial charge >= 0.3 is 0 Å². The molecule has 0 aliphatic carbocycles. The molecule has 0 atom stereocenters. The summed E-state index contributed by atoms with van der Waals surface area (Å²) in [7, 11) is 0. The maximum Gasteiger partial charge on any atom is 0.188 e. The zero-order valence-electron chi connectivity index (χ0n) is 14.7. The van der Waals surface area contributed by atoms with Gasteiger partial charge in [-0.1, -0.05) is 36.4 Å². The van der Waals surface area contributed by atoms with Crippen LogP contribution in [0.25, 0.3) is 39.1 Å². The molecular weight excluding hydrogens is 355 g/mol. The van der Waals surface area contributed by atoms with Gasteiger partial charge in [0.05, 0.1) is 5.56 Å². The van der Waals surface area contributed by atoms with Crippen molar-refractivity contribution in [1.29, 1.82) is 0 Å². The minimum absolute atomic E-state index is 0.322. The van der Waals surface area contributed by atoms with Crippen molar-refractivity contribution in [2.24, 2.45) is 0 Å². The van der Waals surface area contributed by atoms with Gasteiger partial charge < -0.3 is 11.5 Å². The molecular formula is C21H15FN6. The van der Waals surface area contributed by atoms with E-state index in [0.29, 0.717) is 39.7 Å². The molecule has 0 amide bonds. The van der Waals surface area contributed by atoms with Crippen LogP contribution in [0.2, 0.25) is 0 Å². The number of hydrogen-bond acceptors (Lipinski definition) is 5. The molecule has 0 fully saturated rings. The number of benzene rings is 3. The van der Waals surface area contributed by atoms with Crippen LogP contribution in [0.5, 0.6) is 0 Å². The van der Waals surface area contributed by atoms with E-state index in [-0.39, 0.29) is 0 Å².